The lowest BCUT2D eigenvalue weighted by atomic mass is 9.81. The first-order chi connectivity index (χ1) is 8.20. The van der Waals surface area contributed by atoms with Crippen molar-refractivity contribution in [1.82, 2.24) is 0 Å². The molecular weight excluding hydrogens is 337 g/mol. The van der Waals surface area contributed by atoms with Gasteiger partial charge in [0.05, 0.1) is 10.0 Å². The molecule has 0 aliphatic carbocycles. The Hall–Kier alpha value is -0.820. The second kappa shape index (κ2) is 6.56. The third kappa shape index (κ3) is 3.82. The number of hydrogen-bond donors (Lipinski definition) is 4. The molecule has 0 radical (unpaired) electrons. The van der Waals surface area contributed by atoms with E-state index in [4.69, 9.17) is 10.8 Å². The largest absolute Gasteiger partial charge is 0.506 e. The molecule has 0 aromatic heterocycles. The summed E-state index contributed by atoms with van der Waals surface area (Å²) in [6, 6.07) is 1.95. The molecule has 19 heavy (non-hydrogen) atoms. The van der Waals surface area contributed by atoms with E-state index in [9.17, 15) is 15.0 Å². The minimum absolute atomic E-state index is 0. The molecule has 0 aliphatic rings. The number of carbonyl (C=O) groups is 1. The van der Waals surface area contributed by atoms with Crippen molar-refractivity contribution in [2.24, 2.45) is 11.1 Å². The molecule has 0 saturated heterocycles. The van der Waals surface area contributed by atoms with Gasteiger partial charge in [-0.05, 0) is 28.1 Å². The van der Waals surface area contributed by atoms with E-state index in [0.717, 1.165) is 0 Å². The Balaban J connectivity index is 0.00000324. The van der Waals surface area contributed by atoms with E-state index in [2.05, 4.69) is 15.9 Å². The van der Waals surface area contributed by atoms with Crippen LogP contribution in [0, 0.1) is 5.41 Å². The summed E-state index contributed by atoms with van der Waals surface area (Å²) in [4.78, 5) is 11.0. The van der Waals surface area contributed by atoms with Gasteiger partial charge in [0.15, 0.2) is 0 Å². The fourth-order valence-electron chi connectivity index (χ4n) is 1.50. The number of aromatic carboxylic acids is 1. The van der Waals surface area contributed by atoms with Crippen LogP contribution in [0.1, 0.15) is 35.8 Å². The molecule has 1 aromatic carbocycles. The van der Waals surface area contributed by atoms with Crippen LogP contribution in [-0.2, 0) is 0 Å². The molecule has 0 spiro atoms. The van der Waals surface area contributed by atoms with Crippen LogP contribution in [0.15, 0.2) is 16.6 Å². The zero-order chi connectivity index (χ0) is 14.1. The van der Waals surface area contributed by atoms with E-state index in [1.807, 2.05) is 0 Å². The van der Waals surface area contributed by atoms with E-state index >= 15 is 0 Å². The van der Waals surface area contributed by atoms with Crippen LogP contribution < -0.4 is 5.73 Å². The van der Waals surface area contributed by atoms with Crippen molar-refractivity contribution in [2.45, 2.75) is 19.9 Å². The van der Waals surface area contributed by atoms with Gasteiger partial charge in [0, 0.05) is 23.6 Å². The Bertz CT molecular complexity index is 479. The van der Waals surface area contributed by atoms with Gasteiger partial charge in [0.1, 0.15) is 5.75 Å². The van der Waals surface area contributed by atoms with Gasteiger partial charge >= 0.3 is 5.97 Å². The standard InChI is InChI=1S/C12H16BrNO4.ClH/c1-12(2,5-15)10(14)7-3-6(11(17)18)4-8(13)9(7)16;/h3-4,10,15-16H,5,14H2,1-2H3,(H,17,18);1H/t10-;/m0./s1. The van der Waals surface area contributed by atoms with Gasteiger partial charge in [0.2, 0.25) is 0 Å². The van der Waals surface area contributed by atoms with Crippen LogP contribution >= 0.6 is 28.3 Å². The lowest BCUT2D eigenvalue weighted by Gasteiger charge is -2.30. The number of nitrogens with two attached hydrogens (primary N) is 1. The molecule has 0 fully saturated rings. The van der Waals surface area contributed by atoms with Crippen LogP contribution in [0.2, 0.25) is 0 Å². The summed E-state index contributed by atoms with van der Waals surface area (Å²) in [5, 5.41) is 28.2. The van der Waals surface area contributed by atoms with Crippen LogP contribution in [0.4, 0.5) is 0 Å². The average molecular weight is 355 g/mol. The summed E-state index contributed by atoms with van der Waals surface area (Å²) in [6.45, 7) is 3.29. The molecular formula is C12H17BrClNO4. The Morgan fingerprint density at radius 3 is 2.42 bits per heavy atom. The first kappa shape index (κ1) is 18.2. The van der Waals surface area contributed by atoms with E-state index in [0.29, 0.717) is 5.56 Å². The number of aliphatic hydroxyl groups excluding tert-OH is 1. The van der Waals surface area contributed by atoms with Crippen molar-refractivity contribution >= 4 is 34.3 Å². The first-order valence-corrected chi connectivity index (χ1v) is 6.12. The summed E-state index contributed by atoms with van der Waals surface area (Å²) in [5.41, 5.74) is 5.63. The first-order valence-electron chi connectivity index (χ1n) is 5.33. The number of aliphatic hydroxyl groups is 1. The number of rotatable bonds is 4. The van der Waals surface area contributed by atoms with Crippen LogP contribution in [-0.4, -0.2) is 27.9 Å². The van der Waals surface area contributed by atoms with Gasteiger partial charge in [0.25, 0.3) is 0 Å². The number of halogens is 2. The molecule has 0 heterocycles. The molecule has 108 valence electrons. The summed E-state index contributed by atoms with van der Waals surface area (Å²) >= 11 is 3.09. The quantitative estimate of drug-likeness (QED) is 0.664. The number of hydrogen-bond acceptors (Lipinski definition) is 4. The molecule has 0 saturated carbocycles. The minimum Gasteiger partial charge on any atom is -0.506 e. The predicted molar refractivity (Wildman–Crippen MR) is 77.8 cm³/mol. The maximum absolute atomic E-state index is 11.0. The topological polar surface area (TPSA) is 104 Å². The Labute approximate surface area is 126 Å². The van der Waals surface area contributed by atoms with Crippen molar-refractivity contribution in [1.29, 1.82) is 0 Å². The smallest absolute Gasteiger partial charge is 0.335 e. The van der Waals surface area contributed by atoms with Crippen molar-refractivity contribution in [3.8, 4) is 5.75 Å². The van der Waals surface area contributed by atoms with E-state index in [1.165, 1.54) is 12.1 Å². The third-order valence-corrected chi connectivity index (χ3v) is 3.53. The van der Waals surface area contributed by atoms with E-state index < -0.39 is 17.4 Å². The van der Waals surface area contributed by atoms with Crippen molar-refractivity contribution in [3.05, 3.63) is 27.7 Å². The highest BCUT2D eigenvalue weighted by molar-refractivity contribution is 9.10. The lowest BCUT2D eigenvalue weighted by Crippen LogP contribution is -2.32. The number of carboxylic acid groups (broad SMARTS) is 1. The zero-order valence-corrected chi connectivity index (χ0v) is 13.0. The lowest BCUT2D eigenvalue weighted by molar-refractivity contribution is 0.0696. The van der Waals surface area contributed by atoms with Gasteiger partial charge < -0.3 is 21.1 Å². The van der Waals surface area contributed by atoms with Gasteiger partial charge in [-0.1, -0.05) is 13.8 Å². The maximum atomic E-state index is 11.0. The van der Waals surface area contributed by atoms with Crippen molar-refractivity contribution < 1.29 is 20.1 Å². The molecule has 7 heteroatoms. The Morgan fingerprint density at radius 1 is 1.47 bits per heavy atom. The van der Waals surface area contributed by atoms with Gasteiger partial charge in [-0.25, -0.2) is 4.79 Å². The molecule has 0 unspecified atom stereocenters. The number of phenols is 1. The highest BCUT2D eigenvalue weighted by atomic mass is 79.9. The fourth-order valence-corrected chi connectivity index (χ4v) is 1.98. The summed E-state index contributed by atoms with van der Waals surface area (Å²) < 4.78 is 0.265. The molecule has 0 bridgehead atoms. The summed E-state index contributed by atoms with van der Waals surface area (Å²) in [7, 11) is 0. The van der Waals surface area contributed by atoms with Crippen LogP contribution in [0.3, 0.4) is 0 Å². The van der Waals surface area contributed by atoms with Crippen molar-refractivity contribution in [3.63, 3.8) is 0 Å². The predicted octanol–water partition coefficient (Wildman–Crippen LogP) is 2.29. The molecule has 1 rings (SSSR count). The van der Waals surface area contributed by atoms with E-state index in [-0.39, 0.29) is 34.8 Å². The SMILES string of the molecule is CC(C)(CO)[C@@H](N)c1cc(C(=O)O)cc(Br)c1O.Cl. The van der Waals surface area contributed by atoms with Gasteiger partial charge in [-0.3, -0.25) is 0 Å². The van der Waals surface area contributed by atoms with E-state index in [1.54, 1.807) is 13.8 Å². The Kier molecular flexibility index (Phi) is 6.28. The molecule has 5 N–H and O–H groups in total. The highest BCUT2D eigenvalue weighted by Crippen LogP contribution is 2.39. The summed E-state index contributed by atoms with van der Waals surface area (Å²) in [5.74, 6) is -1.21. The second-order valence-electron chi connectivity index (χ2n) is 4.83. The van der Waals surface area contributed by atoms with Crippen LogP contribution in [0.5, 0.6) is 5.75 Å². The number of carboxylic acids is 1. The van der Waals surface area contributed by atoms with Gasteiger partial charge in [-0.15, -0.1) is 12.4 Å². The second-order valence-corrected chi connectivity index (χ2v) is 5.68. The van der Waals surface area contributed by atoms with Crippen LogP contribution in [0.25, 0.3) is 0 Å². The average Bonchev–Trinajstić information content (AvgIpc) is 2.31. The third-order valence-electron chi connectivity index (χ3n) is 2.92. The molecule has 5 nitrogen and oxygen atoms in total. The normalized spacial score (nSPS) is 12.7. The fraction of sp³-hybridized carbons (Fsp3) is 0.417. The molecule has 0 aliphatic heterocycles. The number of aromatic hydroxyl groups is 1. The van der Waals surface area contributed by atoms with Crippen molar-refractivity contribution in [2.75, 3.05) is 6.61 Å². The summed E-state index contributed by atoms with van der Waals surface area (Å²) in [6.07, 6.45) is 0. The highest BCUT2D eigenvalue weighted by Gasteiger charge is 2.30. The molecule has 0 amide bonds. The number of phenolic OH excluding ortho intramolecular Hbond substituents is 1. The molecule has 1 atom stereocenters. The maximum Gasteiger partial charge on any atom is 0.335 e. The Morgan fingerprint density at radius 2 is 2.00 bits per heavy atom. The number of benzene rings is 1. The molecule has 1 aromatic rings. The zero-order valence-electron chi connectivity index (χ0n) is 10.6. The minimum atomic E-state index is -1.11. The van der Waals surface area contributed by atoms with Gasteiger partial charge in [-0.2, -0.15) is 0 Å². The monoisotopic (exact) mass is 353 g/mol.